The van der Waals surface area contributed by atoms with Crippen LogP contribution in [0.5, 0.6) is 5.75 Å². The molecule has 3 aromatic carbocycles. The van der Waals surface area contributed by atoms with E-state index in [0.717, 1.165) is 6.07 Å². The fourth-order valence-corrected chi connectivity index (χ4v) is 4.59. The Balaban J connectivity index is 0.00000336. The first-order valence-corrected chi connectivity index (χ1v) is 12.2. The Hall–Kier alpha value is -3.87. The van der Waals surface area contributed by atoms with Gasteiger partial charge in [-0.05, 0) is 54.6 Å². The smallest absolute Gasteiger partial charge is 0.744 e. The van der Waals surface area contributed by atoms with Crippen LogP contribution >= 0.6 is 0 Å². The molecule has 4 N–H and O–H groups in total. The molecule has 0 heterocycles. The fourth-order valence-electron chi connectivity index (χ4n) is 3.98. The van der Waals surface area contributed by atoms with Gasteiger partial charge in [-0.2, -0.15) is 0 Å². The third-order valence-corrected chi connectivity index (χ3v) is 6.61. The second-order valence-electron chi connectivity index (χ2n) is 8.13. The Morgan fingerprint density at radius 2 is 1.29 bits per heavy atom. The Morgan fingerprint density at radius 1 is 0.789 bits per heavy atom. The van der Waals surface area contributed by atoms with Crippen LogP contribution in [0.3, 0.4) is 0 Å². The number of phenols is 1. The minimum Gasteiger partial charge on any atom is -0.744 e. The zero-order valence-electron chi connectivity index (χ0n) is 19.8. The molecule has 0 fully saturated rings. The summed E-state index contributed by atoms with van der Waals surface area (Å²) in [5.41, 5.74) is 6.24. The average molecular weight is 537 g/mol. The van der Waals surface area contributed by atoms with E-state index in [1.165, 1.54) is 24.3 Å². The van der Waals surface area contributed by atoms with Gasteiger partial charge in [0, 0.05) is 10.8 Å². The van der Waals surface area contributed by atoms with Gasteiger partial charge >= 0.3 is 29.6 Å². The summed E-state index contributed by atoms with van der Waals surface area (Å²) < 4.78 is 35.7. The first-order valence-electron chi connectivity index (χ1n) is 10.8. The molecule has 0 radical (unpaired) electrons. The quantitative estimate of drug-likeness (QED) is 0.0951. The molecule has 0 saturated carbocycles. The van der Waals surface area contributed by atoms with Crippen molar-refractivity contribution in [2.75, 3.05) is 10.9 Å². The zero-order chi connectivity index (χ0) is 26.3. The second kappa shape index (κ2) is 10.5. The number of hydrazine groups is 1. The van der Waals surface area contributed by atoms with Crippen LogP contribution in [-0.2, 0) is 10.1 Å². The van der Waals surface area contributed by atoms with Crippen molar-refractivity contribution in [3.05, 3.63) is 120 Å². The van der Waals surface area contributed by atoms with Gasteiger partial charge in [-0.15, -0.1) is 0 Å². The number of hydrogen-bond donors (Lipinski definition) is 4. The van der Waals surface area contributed by atoms with Crippen molar-refractivity contribution in [1.82, 2.24) is 0 Å². The topological polar surface area (TPSA) is 172 Å². The molecule has 5 rings (SSSR count). The molecule has 184 valence electrons. The molecule has 0 aromatic heterocycles. The minimum absolute atomic E-state index is 0. The number of nitrogens with zero attached hydrogens (tertiary/aromatic N) is 1. The Kier molecular flexibility index (Phi) is 7.49. The molecule has 38 heavy (non-hydrogen) atoms. The van der Waals surface area contributed by atoms with Gasteiger partial charge in [-0.1, -0.05) is 24.3 Å². The summed E-state index contributed by atoms with van der Waals surface area (Å²) in [6, 6.07) is 19.7. The van der Waals surface area contributed by atoms with Crippen LogP contribution in [-0.4, -0.2) is 18.1 Å². The van der Waals surface area contributed by atoms with Gasteiger partial charge < -0.3 is 20.5 Å². The van der Waals surface area contributed by atoms with Crippen molar-refractivity contribution in [2.24, 2.45) is 4.99 Å². The summed E-state index contributed by atoms with van der Waals surface area (Å²) >= 11 is 0. The molecule has 0 spiro atoms. The normalized spacial score (nSPS) is 11.9. The first-order chi connectivity index (χ1) is 17.6. The molecule has 10 nitrogen and oxygen atoms in total. The predicted molar refractivity (Wildman–Crippen MR) is 135 cm³/mol. The molecular weight excluding hydrogens is 519 g/mol. The van der Waals surface area contributed by atoms with E-state index in [9.17, 15) is 27.7 Å². The van der Waals surface area contributed by atoms with E-state index >= 15 is 0 Å². The molecule has 0 atom stereocenters. The van der Waals surface area contributed by atoms with E-state index < -0.39 is 36.4 Å². The molecule has 0 amide bonds. The van der Waals surface area contributed by atoms with E-state index in [-0.39, 0.29) is 56.7 Å². The van der Waals surface area contributed by atoms with Crippen molar-refractivity contribution < 1.29 is 47.6 Å². The van der Waals surface area contributed by atoms with Crippen molar-refractivity contribution in [1.29, 1.82) is 5.41 Å². The van der Waals surface area contributed by atoms with Gasteiger partial charge in [-0.3, -0.25) is 15.0 Å². The van der Waals surface area contributed by atoms with Crippen molar-refractivity contribution in [3.63, 3.8) is 0 Å². The van der Waals surface area contributed by atoms with Gasteiger partial charge in [0.25, 0.3) is 0 Å². The maximum absolute atomic E-state index is 13.3. The summed E-state index contributed by atoms with van der Waals surface area (Å²) in [5.74, 6) is 0.133. The summed E-state index contributed by atoms with van der Waals surface area (Å²) in [6.45, 7) is 0. The van der Waals surface area contributed by atoms with Gasteiger partial charge in [0.05, 0.1) is 43.1 Å². The van der Waals surface area contributed by atoms with E-state index in [1.807, 2.05) is 0 Å². The van der Waals surface area contributed by atoms with Crippen LogP contribution < -0.4 is 62.0 Å². The van der Waals surface area contributed by atoms with Crippen LogP contribution in [0.2, 0.25) is 0 Å². The Labute approximate surface area is 236 Å². The standard InChI is InChI=1S/C26H18N4O6S.Na/c27-24-21(37(34,35)36)13-20(22-23(24)26(33)19-4-2-1-3-18(19)25(22)32)28-14-5-7-15(8-6-14)29-30-16-9-11-17(31)12-10-16;/h1-13,27,29-31H,(H,34,35,36);/q;+1/p-1. The number of fused-ring (bicyclic) bond motifs is 1. The molecular formula is C26H17N4NaO6S. The predicted octanol–water partition coefficient (Wildman–Crippen LogP) is -1.07. The molecule has 3 aromatic rings. The van der Waals surface area contributed by atoms with Gasteiger partial charge in [0.15, 0.2) is 10.9 Å². The number of phenolic OH excluding ortho intramolecular Hbond substituents is 1. The molecule has 0 unspecified atom stereocenters. The second-order valence-corrected chi connectivity index (χ2v) is 9.48. The Bertz CT molecular complexity index is 2070. The number of anilines is 2. The van der Waals surface area contributed by atoms with Crippen LogP contribution in [0.15, 0.2) is 98.3 Å². The van der Waals surface area contributed by atoms with Gasteiger partial charge in [0.1, 0.15) is 15.9 Å². The van der Waals surface area contributed by atoms with Gasteiger partial charge in [-0.25, -0.2) is 13.4 Å². The van der Waals surface area contributed by atoms with Gasteiger partial charge in [0.2, 0.25) is 0 Å². The fraction of sp³-hybridized carbons (Fsp3) is 0. The Morgan fingerprint density at radius 3 is 1.82 bits per heavy atom. The van der Waals surface area contributed by atoms with E-state index in [1.54, 1.807) is 48.5 Å². The van der Waals surface area contributed by atoms with E-state index in [4.69, 9.17) is 5.41 Å². The summed E-state index contributed by atoms with van der Waals surface area (Å²) in [6.07, 6.45) is 0. The maximum atomic E-state index is 13.3. The van der Waals surface area contributed by atoms with Crippen LogP contribution in [0.25, 0.3) is 10.8 Å². The molecule has 2 aliphatic rings. The third-order valence-electron chi connectivity index (χ3n) is 5.75. The van der Waals surface area contributed by atoms with Crippen molar-refractivity contribution in [3.8, 4) is 5.75 Å². The monoisotopic (exact) mass is 536 g/mol. The first kappa shape index (κ1) is 27.2. The zero-order valence-corrected chi connectivity index (χ0v) is 22.7. The summed E-state index contributed by atoms with van der Waals surface area (Å²) in [4.78, 5) is 29.9. The summed E-state index contributed by atoms with van der Waals surface area (Å²) in [5, 5.41) is 16.0. The summed E-state index contributed by atoms with van der Waals surface area (Å²) in [7, 11) is -5.14. The number of nitrogens with one attached hydrogen (secondary N) is 3. The number of benzene rings is 3. The van der Waals surface area contributed by atoms with Crippen LogP contribution in [0, 0.1) is 15.8 Å². The van der Waals surface area contributed by atoms with Crippen molar-refractivity contribution >= 4 is 38.0 Å². The largest absolute Gasteiger partial charge is 1.00 e. The molecule has 2 aliphatic carbocycles. The van der Waals surface area contributed by atoms with Crippen molar-refractivity contribution in [2.45, 2.75) is 4.90 Å². The van der Waals surface area contributed by atoms with Crippen LogP contribution in [0.1, 0.15) is 0 Å². The number of aromatic hydroxyl groups is 1. The van der Waals surface area contributed by atoms with E-state index in [2.05, 4.69) is 15.8 Å². The number of hydrogen-bond acceptors (Lipinski definition) is 10. The SMILES string of the molecule is N=c1c(S(=O)(=O)[O-])cc(=Nc2ccc(NNc3ccc(O)cc3)cc2)c2c(=O)c3ccccc3c(=O)c1=2.[Na+]. The third kappa shape index (κ3) is 5.10. The average Bonchev–Trinajstić information content (AvgIpc) is 2.88. The maximum Gasteiger partial charge on any atom is 1.00 e. The molecule has 0 bridgehead atoms. The molecule has 12 heteroatoms. The number of rotatable bonds is 5. The molecule has 0 aliphatic heterocycles. The minimum atomic E-state index is -5.14. The van der Waals surface area contributed by atoms with E-state index in [0.29, 0.717) is 17.1 Å². The molecule has 0 saturated heterocycles. The van der Waals surface area contributed by atoms with Crippen LogP contribution in [0.4, 0.5) is 17.1 Å².